The molecule has 0 spiro atoms. The van der Waals surface area contributed by atoms with Gasteiger partial charge in [-0.05, 0) is 23.3 Å². The molecule has 2 atom stereocenters. The molecule has 0 bridgehead atoms. The number of thioether (sulfide) groups is 2. The van der Waals surface area contributed by atoms with Crippen molar-refractivity contribution in [1.82, 2.24) is 15.2 Å². The molecular formula is C22H21Cl2N4O7PS3+2. The average molecular weight is 652 g/mol. The van der Waals surface area contributed by atoms with Crippen LogP contribution in [0.1, 0.15) is 10.4 Å². The number of rotatable bonds is 9. The molecule has 4 heterocycles. The van der Waals surface area contributed by atoms with Crippen molar-refractivity contribution in [3.05, 3.63) is 63.8 Å². The molecule has 2 aliphatic rings. The Morgan fingerprint density at radius 3 is 2.46 bits per heavy atom. The monoisotopic (exact) mass is 650 g/mol. The molecule has 1 fully saturated rings. The molecule has 5 N–H and O–H groups in total. The van der Waals surface area contributed by atoms with E-state index < -0.39 is 43.3 Å². The standard InChI is InChI=1S/C22H19Cl2N4O7PS3/c23-14-5-11(6-15(24)25-14)7-16(37)26-18-20(30)28-19(22(31)32)12(10-39-21(18)28)9-38-13-1-3-27(4-2-13)17(29)8-36(33,34)35/h1-6,18,21,33-35H,7-10H2/p+2/t18-,21+/m0/s1. The van der Waals surface area contributed by atoms with Gasteiger partial charge in [0.2, 0.25) is 0 Å². The summed E-state index contributed by atoms with van der Waals surface area (Å²) in [6.07, 6.45) is 2.30. The van der Waals surface area contributed by atoms with Crippen molar-refractivity contribution in [3.63, 3.8) is 0 Å². The molecule has 39 heavy (non-hydrogen) atoms. The van der Waals surface area contributed by atoms with E-state index in [1.807, 2.05) is 0 Å². The Bertz CT molecular complexity index is 1350. The maximum absolute atomic E-state index is 13.0. The van der Waals surface area contributed by atoms with Gasteiger partial charge >= 0.3 is 19.8 Å². The molecule has 0 saturated carbocycles. The minimum Gasteiger partial charge on any atom is -0.477 e. The Hall–Kier alpha value is -1.87. The van der Waals surface area contributed by atoms with Crippen molar-refractivity contribution in [1.29, 1.82) is 0 Å². The van der Waals surface area contributed by atoms with E-state index >= 15 is 0 Å². The van der Waals surface area contributed by atoms with Crippen molar-refractivity contribution in [3.8, 4) is 0 Å². The topological polar surface area (TPSA) is 164 Å². The van der Waals surface area contributed by atoms with Crippen molar-refractivity contribution >= 4 is 89.7 Å². The van der Waals surface area contributed by atoms with Gasteiger partial charge in [0, 0.05) is 35.0 Å². The number of nitrogens with one attached hydrogen (secondary N) is 1. The van der Waals surface area contributed by atoms with Crippen LogP contribution in [0, 0.1) is 0 Å². The quantitative estimate of drug-likeness (QED) is 0.0670. The second-order valence-electron chi connectivity index (χ2n) is 8.48. The second-order valence-corrected chi connectivity index (χ2v) is 13.6. The normalized spacial score (nSPS) is 18.9. The van der Waals surface area contributed by atoms with Crippen molar-refractivity contribution in [2.45, 2.75) is 22.7 Å². The molecule has 0 aliphatic carbocycles. The highest BCUT2D eigenvalue weighted by atomic mass is 35.5. The molecule has 11 nitrogen and oxygen atoms in total. The lowest BCUT2D eigenvalue weighted by atomic mass is 10.0. The number of hydrogen-bond donors (Lipinski definition) is 5. The molecule has 4 rings (SSSR count). The highest BCUT2D eigenvalue weighted by Gasteiger charge is 2.53. The van der Waals surface area contributed by atoms with Crippen molar-refractivity contribution in [2.75, 3.05) is 17.7 Å². The highest BCUT2D eigenvalue weighted by molar-refractivity contribution is 8.01. The number of hydrogen-bond acceptors (Lipinski definition) is 10. The number of aromatic nitrogens is 2. The lowest BCUT2D eigenvalue weighted by Gasteiger charge is -2.49. The molecule has 1 saturated heterocycles. The number of carboxylic acid groups (broad SMARTS) is 1. The fraction of sp³-hybridized carbons (Fsp3) is 0.273. The number of carbonyl (C=O) groups is 3. The van der Waals surface area contributed by atoms with Crippen LogP contribution in [0.15, 0.2) is 52.8 Å². The Kier molecular flexibility index (Phi) is 9.52. The zero-order chi connectivity index (χ0) is 28.5. The first-order valence-corrected chi connectivity index (χ1v) is 16.1. The second kappa shape index (κ2) is 12.3. The van der Waals surface area contributed by atoms with Crippen LogP contribution in [-0.2, 0) is 16.0 Å². The summed E-state index contributed by atoms with van der Waals surface area (Å²) in [6.45, 7) is 0. The molecule has 2 aromatic rings. The summed E-state index contributed by atoms with van der Waals surface area (Å²) in [7, 11) is -4.24. The van der Waals surface area contributed by atoms with Gasteiger partial charge in [0.15, 0.2) is 12.4 Å². The van der Waals surface area contributed by atoms with Gasteiger partial charge in [0.05, 0.1) is 4.99 Å². The van der Waals surface area contributed by atoms with Gasteiger partial charge in [-0.25, -0.2) is 14.6 Å². The number of fused-ring (bicyclic) bond motifs is 1. The smallest absolute Gasteiger partial charge is 0.437 e. The molecule has 0 aromatic carbocycles. The van der Waals surface area contributed by atoms with Gasteiger partial charge in [0.1, 0.15) is 27.4 Å². The van der Waals surface area contributed by atoms with Crippen LogP contribution < -0.4 is 9.88 Å². The summed E-state index contributed by atoms with van der Waals surface area (Å²) >= 11 is 20.0. The maximum Gasteiger partial charge on any atom is 0.437 e. The fourth-order valence-electron chi connectivity index (χ4n) is 3.93. The van der Waals surface area contributed by atoms with Gasteiger partial charge < -0.3 is 10.4 Å². The summed E-state index contributed by atoms with van der Waals surface area (Å²) in [5.74, 6) is -1.60. The third-order valence-electron chi connectivity index (χ3n) is 5.60. The van der Waals surface area contributed by atoms with Crippen molar-refractivity contribution < 1.29 is 38.7 Å². The first-order valence-electron chi connectivity index (χ1n) is 11.1. The largest absolute Gasteiger partial charge is 0.477 e. The zero-order valence-electron chi connectivity index (χ0n) is 19.7. The number of β-lactam (4-membered cyclic amide) rings is 1. The van der Waals surface area contributed by atoms with E-state index in [1.165, 1.54) is 40.8 Å². The van der Waals surface area contributed by atoms with Crippen LogP contribution in [0.25, 0.3) is 0 Å². The molecule has 0 unspecified atom stereocenters. The Labute approximate surface area is 246 Å². The molecule has 2 aliphatic heterocycles. The SMILES string of the molecule is O=C(O)C1=C(CSc2cc[n+](C(=O)C[P+](O)(O)O)cc2)CS[C@@H]2[C@@H](NC(=S)Cc3cc(Cl)nc(Cl)c3)C(=O)N12. The van der Waals surface area contributed by atoms with E-state index in [0.717, 1.165) is 15.0 Å². The first kappa shape index (κ1) is 30.1. The third kappa shape index (κ3) is 7.46. The van der Waals surface area contributed by atoms with E-state index in [2.05, 4.69) is 10.3 Å². The Morgan fingerprint density at radius 1 is 1.23 bits per heavy atom. The summed E-state index contributed by atoms with van der Waals surface area (Å²) in [6, 6.07) is 5.78. The number of pyridine rings is 2. The Balaban J connectivity index is 1.39. The predicted octanol–water partition coefficient (Wildman–Crippen LogP) is 1.93. The van der Waals surface area contributed by atoms with Crippen LogP contribution in [0.4, 0.5) is 0 Å². The number of carbonyl (C=O) groups excluding carboxylic acids is 2. The number of aliphatic carboxylic acids is 1. The van der Waals surface area contributed by atoms with E-state index in [-0.39, 0.29) is 22.4 Å². The molecule has 206 valence electrons. The minimum absolute atomic E-state index is 0.0526. The summed E-state index contributed by atoms with van der Waals surface area (Å²) in [4.78, 5) is 70.6. The fourth-order valence-corrected chi connectivity index (χ4v) is 7.62. The predicted molar refractivity (Wildman–Crippen MR) is 152 cm³/mol. The van der Waals surface area contributed by atoms with Crippen LogP contribution in [0.2, 0.25) is 10.3 Å². The molecular weight excluding hydrogens is 630 g/mol. The Morgan fingerprint density at radius 2 is 1.87 bits per heavy atom. The number of halogens is 2. The molecule has 0 radical (unpaired) electrons. The summed E-state index contributed by atoms with van der Waals surface area (Å²) in [5.41, 5.74) is 1.25. The number of thiocarbonyl (C=S) groups is 1. The lowest BCUT2D eigenvalue weighted by molar-refractivity contribution is -0.572. The molecule has 17 heteroatoms. The highest BCUT2D eigenvalue weighted by Crippen LogP contribution is 2.44. The van der Waals surface area contributed by atoms with Gasteiger partial charge in [-0.2, -0.15) is 14.7 Å². The van der Waals surface area contributed by atoms with E-state index in [9.17, 15) is 19.5 Å². The minimum atomic E-state index is -4.24. The van der Waals surface area contributed by atoms with Gasteiger partial charge in [-0.15, -0.1) is 28.1 Å². The molecule has 2 aromatic heterocycles. The van der Waals surface area contributed by atoms with Crippen LogP contribution in [0.3, 0.4) is 0 Å². The van der Waals surface area contributed by atoms with Crippen LogP contribution in [-0.4, -0.2) is 81.5 Å². The van der Waals surface area contributed by atoms with E-state index in [1.54, 1.807) is 24.3 Å². The number of nitrogens with zero attached hydrogens (tertiary/aromatic N) is 3. The summed E-state index contributed by atoms with van der Waals surface area (Å²) < 4.78 is 1.11. The van der Waals surface area contributed by atoms with E-state index in [0.29, 0.717) is 22.1 Å². The number of amides is 1. The van der Waals surface area contributed by atoms with Crippen LogP contribution >= 0.6 is 66.9 Å². The van der Waals surface area contributed by atoms with Crippen LogP contribution in [0.5, 0.6) is 0 Å². The van der Waals surface area contributed by atoms with E-state index in [4.69, 9.17) is 50.1 Å². The zero-order valence-corrected chi connectivity index (χ0v) is 24.6. The van der Waals surface area contributed by atoms with Gasteiger partial charge in [0.25, 0.3) is 12.1 Å². The van der Waals surface area contributed by atoms with Gasteiger partial charge in [-0.3, -0.25) is 9.69 Å². The summed E-state index contributed by atoms with van der Waals surface area (Å²) in [5, 5.41) is 13.0. The van der Waals surface area contributed by atoms with Gasteiger partial charge in [-0.1, -0.05) is 35.4 Å². The maximum atomic E-state index is 13.0. The van der Waals surface area contributed by atoms with Crippen molar-refractivity contribution in [2.24, 2.45) is 0 Å². The lowest BCUT2D eigenvalue weighted by Crippen LogP contribution is -2.70. The number of carboxylic acids is 1. The average Bonchev–Trinajstić information content (AvgIpc) is 2.84. The first-order chi connectivity index (χ1) is 18.3. The third-order valence-corrected chi connectivity index (χ3v) is 9.38. The molecule has 1 amide bonds.